The van der Waals surface area contributed by atoms with Gasteiger partial charge in [-0.3, -0.25) is 0 Å². The van der Waals surface area contributed by atoms with Gasteiger partial charge in [-0.05, 0) is 31.2 Å². The van der Waals surface area contributed by atoms with Gasteiger partial charge in [-0.1, -0.05) is 12.7 Å². The first-order valence-electron chi connectivity index (χ1n) is 7.97. The van der Waals surface area contributed by atoms with Gasteiger partial charge in [0, 0.05) is 16.8 Å². The maximum absolute atomic E-state index is 13.0. The fourth-order valence-electron chi connectivity index (χ4n) is 2.40. The van der Waals surface area contributed by atoms with E-state index in [1.54, 1.807) is 13.0 Å². The van der Waals surface area contributed by atoms with Crippen LogP contribution in [-0.2, 0) is 12.4 Å². The van der Waals surface area contributed by atoms with Crippen LogP contribution in [0.4, 0.5) is 38.0 Å². The highest BCUT2D eigenvalue weighted by molar-refractivity contribution is 7.16. The molecule has 11 heteroatoms. The van der Waals surface area contributed by atoms with Crippen molar-refractivity contribution >= 4 is 29.0 Å². The van der Waals surface area contributed by atoms with Crippen molar-refractivity contribution in [2.75, 3.05) is 5.32 Å². The van der Waals surface area contributed by atoms with Gasteiger partial charge < -0.3 is 5.32 Å². The van der Waals surface area contributed by atoms with Crippen LogP contribution in [0.1, 0.15) is 21.7 Å². The highest BCUT2D eigenvalue weighted by atomic mass is 32.1. The number of nitrogens with zero attached hydrogens (tertiary/aromatic N) is 3. The second-order valence-electron chi connectivity index (χ2n) is 5.86. The van der Waals surface area contributed by atoms with E-state index in [2.05, 4.69) is 26.8 Å². The Balaban J connectivity index is 1.98. The minimum atomic E-state index is -4.94. The third-order valence-electron chi connectivity index (χ3n) is 3.74. The maximum Gasteiger partial charge on any atom is 0.416 e. The Morgan fingerprint density at radius 1 is 1.00 bits per heavy atom. The zero-order chi connectivity index (χ0) is 21.4. The molecule has 0 aliphatic heterocycles. The van der Waals surface area contributed by atoms with Gasteiger partial charge in [0.2, 0.25) is 5.95 Å². The SMILES string of the molecule is C=Cc1sc(-c2ccnc(Nc3cc(C(F)(F)F)cc(C(F)(F)F)c3)n2)nc1C. The van der Waals surface area contributed by atoms with E-state index in [0.717, 1.165) is 10.6 Å². The molecule has 0 aliphatic rings. The summed E-state index contributed by atoms with van der Waals surface area (Å²) in [5.41, 5.74) is -2.21. The number of aromatic nitrogens is 3. The van der Waals surface area contributed by atoms with Crippen molar-refractivity contribution in [2.45, 2.75) is 19.3 Å². The molecule has 0 saturated carbocycles. The van der Waals surface area contributed by atoms with Crippen molar-refractivity contribution in [2.24, 2.45) is 0 Å². The van der Waals surface area contributed by atoms with Crippen LogP contribution in [0.15, 0.2) is 37.0 Å². The Kier molecular flexibility index (Phi) is 5.35. The number of rotatable bonds is 4. The molecule has 0 aliphatic carbocycles. The topological polar surface area (TPSA) is 50.7 Å². The van der Waals surface area contributed by atoms with Crippen molar-refractivity contribution in [3.05, 3.63) is 58.7 Å². The van der Waals surface area contributed by atoms with Crippen LogP contribution in [0.5, 0.6) is 0 Å². The van der Waals surface area contributed by atoms with Gasteiger partial charge in [0.25, 0.3) is 0 Å². The largest absolute Gasteiger partial charge is 0.416 e. The van der Waals surface area contributed by atoms with Crippen LogP contribution >= 0.6 is 11.3 Å². The third-order valence-corrected chi connectivity index (χ3v) is 4.91. The standard InChI is InChI=1S/C18H12F6N4S/c1-3-14-9(2)26-15(29-14)13-4-5-25-16(28-13)27-12-7-10(17(19,20)21)6-11(8-12)18(22,23)24/h3-8H,1H2,2H3,(H,25,27,28). The minimum Gasteiger partial charge on any atom is -0.324 e. The molecule has 0 bridgehead atoms. The number of hydrogen-bond acceptors (Lipinski definition) is 5. The number of aryl methyl sites for hydroxylation is 1. The van der Waals surface area contributed by atoms with E-state index < -0.39 is 29.2 Å². The third kappa shape index (κ3) is 4.73. The summed E-state index contributed by atoms with van der Waals surface area (Å²) in [5, 5.41) is 2.93. The Hall–Kier alpha value is -2.95. The van der Waals surface area contributed by atoms with Crippen LogP contribution in [0.2, 0.25) is 0 Å². The van der Waals surface area contributed by atoms with E-state index in [1.165, 1.54) is 23.6 Å². The number of benzene rings is 1. The molecule has 1 aromatic carbocycles. The fraction of sp³-hybridized carbons (Fsp3) is 0.167. The molecule has 3 aromatic rings. The molecule has 1 N–H and O–H groups in total. The molecule has 4 nitrogen and oxygen atoms in total. The van der Waals surface area contributed by atoms with Gasteiger partial charge in [-0.2, -0.15) is 26.3 Å². The first-order chi connectivity index (χ1) is 13.5. The molecule has 0 atom stereocenters. The predicted octanol–water partition coefficient (Wildman–Crippen LogP) is 6.33. The number of nitrogens with one attached hydrogen (secondary N) is 1. The molecule has 29 heavy (non-hydrogen) atoms. The molecule has 2 aromatic heterocycles. The molecule has 0 radical (unpaired) electrons. The van der Waals surface area contributed by atoms with E-state index in [0.29, 0.717) is 22.8 Å². The lowest BCUT2D eigenvalue weighted by molar-refractivity contribution is -0.143. The van der Waals surface area contributed by atoms with Crippen molar-refractivity contribution in [3.8, 4) is 10.7 Å². The van der Waals surface area contributed by atoms with Crippen LogP contribution in [-0.4, -0.2) is 15.0 Å². The first-order valence-corrected chi connectivity index (χ1v) is 8.79. The van der Waals surface area contributed by atoms with Gasteiger partial charge in [0.15, 0.2) is 0 Å². The summed E-state index contributed by atoms with van der Waals surface area (Å²) in [6.45, 7) is 5.45. The van der Waals surface area contributed by atoms with Gasteiger partial charge in [-0.15, -0.1) is 11.3 Å². The molecule has 3 rings (SSSR count). The lowest BCUT2D eigenvalue weighted by Crippen LogP contribution is -2.12. The predicted molar refractivity (Wildman–Crippen MR) is 97.7 cm³/mol. The molecule has 0 saturated heterocycles. The highest BCUT2D eigenvalue weighted by Crippen LogP contribution is 2.38. The molecule has 0 fully saturated rings. The monoisotopic (exact) mass is 430 g/mol. The zero-order valence-electron chi connectivity index (χ0n) is 14.7. The van der Waals surface area contributed by atoms with E-state index >= 15 is 0 Å². The smallest absolute Gasteiger partial charge is 0.324 e. The molecular weight excluding hydrogens is 418 g/mol. The number of alkyl halides is 6. The van der Waals surface area contributed by atoms with Crippen LogP contribution in [0, 0.1) is 6.92 Å². The molecule has 0 spiro atoms. The normalized spacial score (nSPS) is 12.1. The maximum atomic E-state index is 13.0. The Morgan fingerprint density at radius 2 is 1.62 bits per heavy atom. The van der Waals surface area contributed by atoms with Gasteiger partial charge in [0.05, 0.1) is 16.8 Å². The van der Waals surface area contributed by atoms with E-state index in [4.69, 9.17) is 0 Å². The van der Waals surface area contributed by atoms with Crippen LogP contribution in [0.25, 0.3) is 16.8 Å². The summed E-state index contributed by atoms with van der Waals surface area (Å²) in [6, 6.07) is 2.71. The first kappa shape index (κ1) is 20.8. The average Bonchev–Trinajstić information content (AvgIpc) is 3.01. The summed E-state index contributed by atoms with van der Waals surface area (Å²) < 4.78 is 78.0. The quantitative estimate of drug-likeness (QED) is 0.491. The molecular formula is C18H12F6N4S. The van der Waals surface area contributed by atoms with E-state index in [9.17, 15) is 26.3 Å². The molecule has 0 unspecified atom stereocenters. The lowest BCUT2D eigenvalue weighted by atomic mass is 10.1. The van der Waals surface area contributed by atoms with Gasteiger partial charge >= 0.3 is 12.4 Å². The van der Waals surface area contributed by atoms with Crippen LogP contribution < -0.4 is 5.32 Å². The van der Waals surface area contributed by atoms with Crippen molar-refractivity contribution < 1.29 is 26.3 Å². The van der Waals surface area contributed by atoms with E-state index in [1.807, 2.05) is 0 Å². The summed E-state index contributed by atoms with van der Waals surface area (Å²) in [5.74, 6) is -0.164. The second-order valence-corrected chi connectivity index (χ2v) is 6.89. The minimum absolute atomic E-state index is 0.0532. The number of halogens is 6. The Morgan fingerprint density at radius 3 is 2.14 bits per heavy atom. The molecule has 0 amide bonds. The Labute approximate surface area is 165 Å². The zero-order valence-corrected chi connectivity index (χ0v) is 15.5. The summed E-state index contributed by atoms with van der Waals surface area (Å²) >= 11 is 1.29. The lowest BCUT2D eigenvalue weighted by Gasteiger charge is -2.14. The van der Waals surface area contributed by atoms with E-state index in [-0.39, 0.29) is 12.0 Å². The average molecular weight is 430 g/mol. The highest BCUT2D eigenvalue weighted by Gasteiger charge is 2.37. The van der Waals surface area contributed by atoms with Crippen LogP contribution in [0.3, 0.4) is 0 Å². The van der Waals surface area contributed by atoms with Crippen molar-refractivity contribution in [3.63, 3.8) is 0 Å². The summed E-state index contributed by atoms with van der Waals surface area (Å²) in [7, 11) is 0. The van der Waals surface area contributed by atoms with Gasteiger partial charge in [0.1, 0.15) is 10.7 Å². The van der Waals surface area contributed by atoms with Gasteiger partial charge in [-0.25, -0.2) is 15.0 Å². The summed E-state index contributed by atoms with van der Waals surface area (Å²) in [4.78, 5) is 13.1. The number of thiazole rings is 1. The number of hydrogen-bond donors (Lipinski definition) is 1. The molecule has 2 heterocycles. The van der Waals surface area contributed by atoms with Crippen molar-refractivity contribution in [1.82, 2.24) is 15.0 Å². The fourth-order valence-corrected chi connectivity index (χ4v) is 3.29. The summed E-state index contributed by atoms with van der Waals surface area (Å²) in [6.07, 6.45) is -6.94. The number of anilines is 2. The van der Waals surface area contributed by atoms with Crippen molar-refractivity contribution in [1.29, 1.82) is 0 Å². The Bertz CT molecular complexity index is 1020. The second kappa shape index (κ2) is 7.47. The molecule has 152 valence electrons.